The van der Waals surface area contributed by atoms with Crippen LogP contribution in [-0.2, 0) is 11.2 Å². The predicted molar refractivity (Wildman–Crippen MR) is 50.5 cm³/mol. The predicted octanol–water partition coefficient (Wildman–Crippen LogP) is 0.953. The Morgan fingerprint density at radius 3 is 2.57 bits per heavy atom. The Bertz CT molecular complexity index is 313. The molecule has 1 aromatic rings. The van der Waals surface area contributed by atoms with Gasteiger partial charge in [-0.1, -0.05) is 30.3 Å². The highest BCUT2D eigenvalue weighted by Gasteiger charge is 2.17. The van der Waals surface area contributed by atoms with Crippen molar-refractivity contribution in [2.24, 2.45) is 5.29 Å². The lowest BCUT2D eigenvalue weighted by atomic mass is 10.1. The van der Waals surface area contributed by atoms with E-state index in [1.807, 2.05) is 23.6 Å². The fraction of sp³-hybridized carbons (Fsp3) is 0.222. The molecule has 5 heteroatoms. The highest BCUT2D eigenvalue weighted by molar-refractivity contribution is 5.73. The fourth-order valence-electron chi connectivity index (χ4n) is 1.10. The summed E-state index contributed by atoms with van der Waals surface area (Å²) < 4.78 is 0. The molecule has 14 heavy (non-hydrogen) atoms. The lowest BCUT2D eigenvalue weighted by Crippen LogP contribution is -2.34. The Labute approximate surface area is 80.7 Å². The second kappa shape index (κ2) is 4.96. The zero-order valence-electron chi connectivity index (χ0n) is 7.38. The van der Waals surface area contributed by atoms with Gasteiger partial charge in [0.2, 0.25) is 0 Å². The van der Waals surface area contributed by atoms with Gasteiger partial charge in [0, 0.05) is 6.42 Å². The lowest BCUT2D eigenvalue weighted by Gasteiger charge is -2.09. The first-order chi connectivity index (χ1) is 6.74. The number of aliphatic carboxylic acids is 1. The monoisotopic (exact) mass is 194 g/mol. The third-order valence-electron chi connectivity index (χ3n) is 1.79. The molecule has 74 valence electrons. The molecule has 0 heterocycles. The molecule has 1 rings (SSSR count). The number of nitroso groups, excluding NO2 is 1. The Hall–Kier alpha value is -1.91. The first-order valence-electron chi connectivity index (χ1n) is 4.08. The SMILES string of the molecule is O=NN[C@@H](Cc1ccccc1)C(=O)O. The van der Waals surface area contributed by atoms with E-state index < -0.39 is 12.0 Å². The molecule has 0 fully saturated rings. The van der Waals surface area contributed by atoms with Crippen molar-refractivity contribution in [3.8, 4) is 0 Å². The van der Waals surface area contributed by atoms with Gasteiger partial charge in [0.15, 0.2) is 0 Å². The largest absolute Gasteiger partial charge is 0.480 e. The molecule has 0 bridgehead atoms. The zero-order chi connectivity index (χ0) is 10.4. The van der Waals surface area contributed by atoms with Crippen molar-refractivity contribution in [1.29, 1.82) is 0 Å². The van der Waals surface area contributed by atoms with Gasteiger partial charge >= 0.3 is 5.97 Å². The van der Waals surface area contributed by atoms with Crippen molar-refractivity contribution in [2.75, 3.05) is 0 Å². The fourth-order valence-corrected chi connectivity index (χ4v) is 1.10. The molecule has 0 aliphatic carbocycles. The zero-order valence-corrected chi connectivity index (χ0v) is 7.38. The summed E-state index contributed by atoms with van der Waals surface area (Å²) in [5, 5.41) is 11.1. The highest BCUT2D eigenvalue weighted by atomic mass is 16.4. The van der Waals surface area contributed by atoms with Gasteiger partial charge < -0.3 is 5.11 Å². The summed E-state index contributed by atoms with van der Waals surface area (Å²) in [4.78, 5) is 20.5. The van der Waals surface area contributed by atoms with Crippen molar-refractivity contribution in [3.63, 3.8) is 0 Å². The second-order valence-electron chi connectivity index (χ2n) is 2.80. The van der Waals surface area contributed by atoms with Crippen LogP contribution in [0.25, 0.3) is 0 Å². The molecule has 2 N–H and O–H groups in total. The molecule has 0 radical (unpaired) electrons. The topological polar surface area (TPSA) is 78.8 Å². The second-order valence-corrected chi connectivity index (χ2v) is 2.80. The minimum atomic E-state index is -1.09. The molecule has 0 aliphatic rings. The van der Waals surface area contributed by atoms with Gasteiger partial charge in [-0.3, -0.25) is 5.43 Å². The quantitative estimate of drug-likeness (QED) is 0.540. The van der Waals surface area contributed by atoms with E-state index in [2.05, 4.69) is 5.29 Å². The van der Waals surface area contributed by atoms with Crippen LogP contribution in [0.4, 0.5) is 0 Å². The van der Waals surface area contributed by atoms with E-state index in [-0.39, 0.29) is 6.42 Å². The molecule has 0 saturated heterocycles. The van der Waals surface area contributed by atoms with E-state index >= 15 is 0 Å². The molecule has 0 aromatic heterocycles. The first kappa shape index (κ1) is 10.2. The number of carboxylic acids is 1. The summed E-state index contributed by atoms with van der Waals surface area (Å²) in [7, 11) is 0. The van der Waals surface area contributed by atoms with Crippen molar-refractivity contribution >= 4 is 5.97 Å². The van der Waals surface area contributed by atoms with Gasteiger partial charge in [-0.25, -0.2) is 4.79 Å². The number of nitrogens with one attached hydrogen (secondary N) is 1. The average Bonchev–Trinajstić information content (AvgIpc) is 2.18. The van der Waals surface area contributed by atoms with E-state index in [0.29, 0.717) is 0 Å². The third-order valence-corrected chi connectivity index (χ3v) is 1.79. The lowest BCUT2D eigenvalue weighted by molar-refractivity contribution is -0.139. The van der Waals surface area contributed by atoms with E-state index in [9.17, 15) is 9.70 Å². The van der Waals surface area contributed by atoms with Gasteiger partial charge in [-0.15, -0.1) is 4.91 Å². The summed E-state index contributed by atoms with van der Waals surface area (Å²) in [5.41, 5.74) is 2.84. The van der Waals surface area contributed by atoms with Crippen LogP contribution >= 0.6 is 0 Å². The third kappa shape index (κ3) is 2.85. The summed E-state index contributed by atoms with van der Waals surface area (Å²) in [6.45, 7) is 0. The molecular formula is C9H10N2O3. The van der Waals surface area contributed by atoms with Crippen LogP contribution < -0.4 is 5.43 Å². The molecule has 0 amide bonds. The van der Waals surface area contributed by atoms with E-state index in [4.69, 9.17) is 5.11 Å². The van der Waals surface area contributed by atoms with Crippen molar-refractivity contribution in [1.82, 2.24) is 5.43 Å². The van der Waals surface area contributed by atoms with Crippen LogP contribution in [0, 0.1) is 4.91 Å². The van der Waals surface area contributed by atoms with E-state index in [1.165, 1.54) is 0 Å². The minimum Gasteiger partial charge on any atom is -0.480 e. The smallest absolute Gasteiger partial charge is 0.328 e. The number of carbonyl (C=O) groups is 1. The number of hydrogen-bond acceptors (Lipinski definition) is 3. The van der Waals surface area contributed by atoms with Crippen molar-refractivity contribution in [2.45, 2.75) is 12.5 Å². The average molecular weight is 194 g/mol. The number of nitrogens with zero attached hydrogens (tertiary/aromatic N) is 1. The van der Waals surface area contributed by atoms with Gasteiger partial charge in [0.05, 0.1) is 5.29 Å². The standard InChI is InChI=1S/C9H10N2O3/c12-9(13)8(10-11-14)6-7-4-2-1-3-5-7/h1-5,8H,6H2,(H,10,14)(H,12,13)/t8-/m0/s1. The van der Waals surface area contributed by atoms with Crippen LogP contribution in [0.1, 0.15) is 5.56 Å². The van der Waals surface area contributed by atoms with Crippen LogP contribution in [-0.4, -0.2) is 17.1 Å². The molecule has 1 atom stereocenters. The van der Waals surface area contributed by atoms with Crippen LogP contribution in [0.5, 0.6) is 0 Å². The summed E-state index contributed by atoms with van der Waals surface area (Å²) in [6, 6.07) is 8.08. The molecule has 5 nitrogen and oxygen atoms in total. The molecule has 0 aliphatic heterocycles. The Morgan fingerprint density at radius 1 is 1.43 bits per heavy atom. The maximum Gasteiger partial charge on any atom is 0.328 e. The summed E-state index contributed by atoms with van der Waals surface area (Å²) in [5.74, 6) is -1.09. The van der Waals surface area contributed by atoms with E-state index in [1.54, 1.807) is 12.1 Å². The maximum absolute atomic E-state index is 10.6. The number of hydrogen-bond donors (Lipinski definition) is 2. The van der Waals surface area contributed by atoms with Crippen LogP contribution in [0.15, 0.2) is 35.6 Å². The van der Waals surface area contributed by atoms with E-state index in [0.717, 1.165) is 5.56 Å². The highest BCUT2D eigenvalue weighted by Crippen LogP contribution is 2.03. The molecular weight excluding hydrogens is 184 g/mol. The molecule has 0 unspecified atom stereocenters. The Kier molecular flexibility index (Phi) is 3.60. The number of benzene rings is 1. The Balaban J connectivity index is 2.64. The minimum absolute atomic E-state index is 0.238. The first-order valence-corrected chi connectivity index (χ1v) is 4.08. The van der Waals surface area contributed by atoms with Crippen molar-refractivity contribution in [3.05, 3.63) is 40.8 Å². The van der Waals surface area contributed by atoms with Gasteiger partial charge in [-0.05, 0) is 5.56 Å². The van der Waals surface area contributed by atoms with Crippen LogP contribution in [0.2, 0.25) is 0 Å². The van der Waals surface area contributed by atoms with Gasteiger partial charge in [-0.2, -0.15) is 0 Å². The molecule has 0 saturated carbocycles. The maximum atomic E-state index is 10.6. The van der Waals surface area contributed by atoms with Gasteiger partial charge in [0.25, 0.3) is 0 Å². The summed E-state index contributed by atoms with van der Waals surface area (Å²) >= 11 is 0. The van der Waals surface area contributed by atoms with Gasteiger partial charge in [0.1, 0.15) is 6.04 Å². The summed E-state index contributed by atoms with van der Waals surface area (Å²) in [6.07, 6.45) is 0.238. The normalized spacial score (nSPS) is 11.7. The van der Waals surface area contributed by atoms with Crippen LogP contribution in [0.3, 0.4) is 0 Å². The number of rotatable bonds is 5. The molecule has 1 aromatic carbocycles. The molecule has 0 spiro atoms. The Morgan fingerprint density at radius 2 is 2.07 bits per heavy atom. The number of carboxylic acid groups (broad SMARTS) is 1. The van der Waals surface area contributed by atoms with Crippen molar-refractivity contribution < 1.29 is 9.90 Å².